The first-order chi connectivity index (χ1) is 14.0. The topological polar surface area (TPSA) is 66.4 Å². The van der Waals surface area contributed by atoms with Crippen molar-refractivity contribution in [1.29, 1.82) is 0 Å². The van der Waals surface area contributed by atoms with Crippen molar-refractivity contribution in [3.8, 4) is 11.3 Å². The summed E-state index contributed by atoms with van der Waals surface area (Å²) in [6.45, 7) is 6.79. The fraction of sp³-hybridized carbons (Fsp3) is 0.261. The van der Waals surface area contributed by atoms with Gasteiger partial charge in [-0.1, -0.05) is 35.9 Å². The second-order valence-corrected chi connectivity index (χ2v) is 8.36. The molecule has 4 rings (SSSR count). The Hall–Kier alpha value is -2.99. The van der Waals surface area contributed by atoms with Crippen LogP contribution in [0.1, 0.15) is 33.7 Å². The molecule has 148 valence electrons. The molecule has 3 aromatic rings. The number of hydrogen-bond donors (Lipinski definition) is 2. The van der Waals surface area contributed by atoms with Crippen molar-refractivity contribution in [3.63, 3.8) is 0 Å². The van der Waals surface area contributed by atoms with Gasteiger partial charge in [-0.2, -0.15) is 0 Å². The maximum atomic E-state index is 11.6. The Labute approximate surface area is 174 Å². The van der Waals surface area contributed by atoms with Crippen LogP contribution in [-0.4, -0.2) is 23.4 Å². The Morgan fingerprint density at radius 1 is 1.10 bits per heavy atom. The van der Waals surface area contributed by atoms with E-state index in [1.54, 1.807) is 11.3 Å². The van der Waals surface area contributed by atoms with E-state index in [1.165, 1.54) is 16.7 Å². The highest BCUT2D eigenvalue weighted by molar-refractivity contribution is 7.10. The highest BCUT2D eigenvalue weighted by Crippen LogP contribution is 2.27. The predicted octanol–water partition coefficient (Wildman–Crippen LogP) is 4.61. The minimum Gasteiger partial charge on any atom is -0.326 e. The molecule has 0 saturated heterocycles. The number of carbonyl (C=O) groups is 1. The van der Waals surface area contributed by atoms with Crippen LogP contribution in [0.3, 0.4) is 0 Å². The molecule has 29 heavy (non-hydrogen) atoms. The van der Waals surface area contributed by atoms with E-state index in [0.717, 1.165) is 33.9 Å². The summed E-state index contributed by atoms with van der Waals surface area (Å²) in [5.74, 6) is 0.529. The summed E-state index contributed by atoms with van der Waals surface area (Å²) < 4.78 is 0. The lowest BCUT2D eigenvalue weighted by atomic mass is 10.0. The van der Waals surface area contributed by atoms with E-state index in [2.05, 4.69) is 78.2 Å². The van der Waals surface area contributed by atoms with Crippen molar-refractivity contribution in [1.82, 2.24) is 10.3 Å². The number of aryl methyl sites for hydroxylation is 3. The quantitative estimate of drug-likeness (QED) is 0.667. The molecule has 1 aliphatic heterocycles. The van der Waals surface area contributed by atoms with E-state index in [-0.39, 0.29) is 5.91 Å². The first kappa shape index (κ1) is 19.3. The molecular formula is C23H24N4OS. The van der Waals surface area contributed by atoms with Crippen molar-refractivity contribution in [2.75, 3.05) is 11.9 Å². The Morgan fingerprint density at radius 3 is 2.66 bits per heavy atom. The van der Waals surface area contributed by atoms with E-state index in [9.17, 15) is 4.79 Å². The SMILES string of the molecule is Cc1ccc(-c2csc(Cc3cc(C)c(NC4=NCCC(=O)N4)cc3C)n2)cc1. The Balaban J connectivity index is 1.51. The first-order valence-electron chi connectivity index (χ1n) is 9.71. The lowest BCUT2D eigenvalue weighted by Gasteiger charge is -2.18. The molecule has 0 bridgehead atoms. The molecule has 2 aromatic carbocycles. The monoisotopic (exact) mass is 404 g/mol. The number of benzene rings is 2. The third-order valence-electron chi connectivity index (χ3n) is 5.04. The lowest BCUT2D eigenvalue weighted by molar-refractivity contribution is -0.119. The van der Waals surface area contributed by atoms with Gasteiger partial charge in [-0.15, -0.1) is 11.3 Å². The fourth-order valence-corrected chi connectivity index (χ4v) is 4.14. The molecule has 2 heterocycles. The zero-order valence-corrected chi connectivity index (χ0v) is 17.7. The van der Waals surface area contributed by atoms with Crippen LogP contribution in [0.25, 0.3) is 11.3 Å². The van der Waals surface area contributed by atoms with Gasteiger partial charge in [0.25, 0.3) is 0 Å². The molecule has 0 spiro atoms. The van der Waals surface area contributed by atoms with Gasteiger partial charge in [0, 0.05) is 29.5 Å². The lowest BCUT2D eigenvalue weighted by Crippen LogP contribution is -2.39. The zero-order chi connectivity index (χ0) is 20.4. The van der Waals surface area contributed by atoms with Crippen molar-refractivity contribution in [2.45, 2.75) is 33.6 Å². The van der Waals surface area contributed by atoms with E-state index in [4.69, 9.17) is 4.98 Å². The van der Waals surface area contributed by atoms with Gasteiger partial charge in [0.05, 0.1) is 17.2 Å². The van der Waals surface area contributed by atoms with Crippen molar-refractivity contribution < 1.29 is 4.79 Å². The van der Waals surface area contributed by atoms with Crippen LogP contribution in [0.15, 0.2) is 46.8 Å². The van der Waals surface area contributed by atoms with Gasteiger partial charge in [0.2, 0.25) is 11.9 Å². The van der Waals surface area contributed by atoms with Crippen LogP contribution >= 0.6 is 11.3 Å². The van der Waals surface area contributed by atoms with Gasteiger partial charge in [-0.3, -0.25) is 15.1 Å². The van der Waals surface area contributed by atoms with Crippen LogP contribution in [-0.2, 0) is 11.2 Å². The molecule has 1 aliphatic rings. The number of nitrogens with one attached hydrogen (secondary N) is 2. The number of rotatable bonds is 4. The van der Waals surface area contributed by atoms with Gasteiger partial charge in [-0.25, -0.2) is 4.98 Å². The number of guanidine groups is 1. The smallest absolute Gasteiger partial charge is 0.228 e. The van der Waals surface area contributed by atoms with Crippen molar-refractivity contribution in [3.05, 3.63) is 69.0 Å². The van der Waals surface area contributed by atoms with E-state index in [0.29, 0.717) is 18.9 Å². The number of aromatic nitrogens is 1. The van der Waals surface area contributed by atoms with Crippen LogP contribution in [0.5, 0.6) is 0 Å². The molecule has 1 aromatic heterocycles. The summed E-state index contributed by atoms with van der Waals surface area (Å²) in [4.78, 5) is 20.7. The van der Waals surface area contributed by atoms with Gasteiger partial charge in [-0.05, 0) is 43.5 Å². The van der Waals surface area contributed by atoms with Crippen molar-refractivity contribution >= 4 is 28.9 Å². The van der Waals surface area contributed by atoms with Gasteiger partial charge in [0.15, 0.2) is 0 Å². The normalized spacial score (nSPS) is 13.8. The highest BCUT2D eigenvalue weighted by Gasteiger charge is 2.14. The van der Waals surface area contributed by atoms with Crippen LogP contribution in [0, 0.1) is 20.8 Å². The average Bonchev–Trinajstić information content (AvgIpc) is 3.15. The van der Waals surface area contributed by atoms with Crippen molar-refractivity contribution in [2.24, 2.45) is 4.99 Å². The number of carbonyl (C=O) groups excluding carboxylic acids is 1. The number of thiazole rings is 1. The molecule has 0 aliphatic carbocycles. The van der Waals surface area contributed by atoms with Gasteiger partial charge in [0.1, 0.15) is 0 Å². The maximum absolute atomic E-state index is 11.6. The number of aliphatic imine (C=N–C) groups is 1. The third kappa shape index (κ3) is 4.54. The van der Waals surface area contributed by atoms with Gasteiger partial charge >= 0.3 is 0 Å². The molecule has 6 heteroatoms. The summed E-state index contributed by atoms with van der Waals surface area (Å²) >= 11 is 1.70. The molecule has 1 amide bonds. The number of anilines is 1. The first-order valence-corrected chi connectivity index (χ1v) is 10.6. The molecule has 0 radical (unpaired) electrons. The molecule has 2 N–H and O–H groups in total. The Bertz CT molecular complexity index is 1080. The minimum absolute atomic E-state index is 0.00152. The summed E-state index contributed by atoms with van der Waals surface area (Å²) in [6, 6.07) is 12.8. The zero-order valence-electron chi connectivity index (χ0n) is 16.9. The minimum atomic E-state index is 0.00152. The summed E-state index contributed by atoms with van der Waals surface area (Å²) in [6.07, 6.45) is 1.25. The second kappa shape index (κ2) is 8.17. The van der Waals surface area contributed by atoms with Crippen LogP contribution in [0.4, 0.5) is 5.69 Å². The Kier molecular flexibility index (Phi) is 5.45. The highest BCUT2D eigenvalue weighted by atomic mass is 32.1. The molecular weight excluding hydrogens is 380 g/mol. The van der Waals surface area contributed by atoms with Crippen LogP contribution in [0.2, 0.25) is 0 Å². The molecule has 5 nitrogen and oxygen atoms in total. The fourth-order valence-electron chi connectivity index (χ4n) is 3.31. The van der Waals surface area contributed by atoms with Crippen LogP contribution < -0.4 is 10.6 Å². The molecule has 0 saturated carbocycles. The standard InChI is InChI=1S/C23H24N4OS/c1-14-4-6-17(7-5-14)20-13-29-22(25-20)12-18-10-16(3)19(11-15(18)2)26-23-24-9-8-21(28)27-23/h4-7,10-11,13H,8-9,12H2,1-3H3,(H2,24,26,27,28). The van der Waals surface area contributed by atoms with E-state index in [1.807, 2.05) is 0 Å². The maximum Gasteiger partial charge on any atom is 0.228 e. The van der Waals surface area contributed by atoms with Gasteiger partial charge < -0.3 is 5.32 Å². The summed E-state index contributed by atoms with van der Waals surface area (Å²) in [5.41, 5.74) is 7.96. The molecule has 0 fully saturated rings. The summed E-state index contributed by atoms with van der Waals surface area (Å²) in [5, 5.41) is 9.26. The second-order valence-electron chi connectivity index (χ2n) is 7.42. The molecule has 0 unspecified atom stereocenters. The third-order valence-corrected chi connectivity index (χ3v) is 5.89. The number of nitrogens with zero attached hydrogens (tertiary/aromatic N) is 2. The summed E-state index contributed by atoms with van der Waals surface area (Å²) in [7, 11) is 0. The predicted molar refractivity (Wildman–Crippen MR) is 120 cm³/mol. The Morgan fingerprint density at radius 2 is 1.90 bits per heavy atom. The largest absolute Gasteiger partial charge is 0.326 e. The average molecular weight is 405 g/mol. The molecule has 0 atom stereocenters. The van der Waals surface area contributed by atoms with E-state index < -0.39 is 0 Å². The number of hydrogen-bond acceptors (Lipinski definition) is 5. The number of amides is 1. The van der Waals surface area contributed by atoms with E-state index >= 15 is 0 Å².